The van der Waals surface area contributed by atoms with Gasteiger partial charge in [-0.1, -0.05) is 109 Å². The fourth-order valence-corrected chi connectivity index (χ4v) is 3.79. The van der Waals surface area contributed by atoms with E-state index in [0.717, 1.165) is 28.4 Å². The summed E-state index contributed by atoms with van der Waals surface area (Å²) in [6, 6.07) is 37.5. The first-order valence-electron chi connectivity index (χ1n) is 10.5. The lowest BCUT2D eigenvalue weighted by molar-refractivity contribution is 0.674. The molecule has 150 valence electrons. The van der Waals surface area contributed by atoms with E-state index in [0.29, 0.717) is 0 Å². The third-order valence-electron chi connectivity index (χ3n) is 5.38. The third kappa shape index (κ3) is 4.17. The van der Waals surface area contributed by atoms with Gasteiger partial charge in [-0.05, 0) is 29.7 Å². The first kappa shape index (κ1) is 19.0. The summed E-state index contributed by atoms with van der Waals surface area (Å²) < 4.78 is 0. The number of nitrogens with zero attached hydrogens (tertiary/aromatic N) is 2. The van der Waals surface area contributed by atoms with E-state index in [1.54, 1.807) is 0 Å². The van der Waals surface area contributed by atoms with Gasteiger partial charge >= 0.3 is 0 Å². The molecule has 0 saturated carbocycles. The van der Waals surface area contributed by atoms with Crippen LogP contribution in [0.2, 0.25) is 0 Å². The van der Waals surface area contributed by atoms with Crippen molar-refractivity contribution >= 4 is 11.7 Å². The summed E-state index contributed by atoms with van der Waals surface area (Å²) in [6.07, 6.45) is -0.188. The largest absolute Gasteiger partial charge is 0.344 e. The highest BCUT2D eigenvalue weighted by Gasteiger charge is 2.20. The van der Waals surface area contributed by atoms with E-state index in [2.05, 4.69) is 85.0 Å². The lowest BCUT2D eigenvalue weighted by Gasteiger charge is -2.24. The van der Waals surface area contributed by atoms with Gasteiger partial charge in [0.2, 0.25) is 0 Å². The fourth-order valence-electron chi connectivity index (χ4n) is 3.79. The molecule has 3 heteroatoms. The molecule has 1 aliphatic heterocycles. The monoisotopic (exact) mass is 401 g/mol. The molecule has 1 atom stereocenters. The lowest BCUT2D eigenvalue weighted by Crippen LogP contribution is -2.33. The van der Waals surface area contributed by atoms with Crippen LogP contribution in [0.3, 0.4) is 0 Å². The number of hydrogen-bond acceptors (Lipinski definition) is 3. The van der Waals surface area contributed by atoms with Gasteiger partial charge in [0.1, 0.15) is 12.0 Å². The average molecular weight is 402 g/mol. The standard InChI is InChI=1S/C28H23N3/c1-20-10-8-15-23(18-20)24-16-9-17-25(19-24)28-30-26(21-11-4-2-5-12-21)29-27(31-28)22-13-6-3-7-14-22/h2-19,26H,1H3,(H,29,30,31). The maximum atomic E-state index is 4.91. The molecule has 0 fully saturated rings. The fraction of sp³-hybridized carbons (Fsp3) is 0.0714. The molecule has 1 aliphatic rings. The van der Waals surface area contributed by atoms with Crippen molar-refractivity contribution in [3.63, 3.8) is 0 Å². The van der Waals surface area contributed by atoms with Crippen LogP contribution in [0.4, 0.5) is 0 Å². The molecule has 0 radical (unpaired) electrons. The number of benzene rings is 4. The molecule has 1 N–H and O–H groups in total. The molecular weight excluding hydrogens is 378 g/mol. The zero-order valence-corrected chi connectivity index (χ0v) is 17.4. The van der Waals surface area contributed by atoms with E-state index >= 15 is 0 Å². The van der Waals surface area contributed by atoms with Crippen molar-refractivity contribution in [3.8, 4) is 11.1 Å². The second-order valence-corrected chi connectivity index (χ2v) is 7.69. The summed E-state index contributed by atoms with van der Waals surface area (Å²) in [6.45, 7) is 2.12. The van der Waals surface area contributed by atoms with Crippen molar-refractivity contribution < 1.29 is 0 Å². The Balaban J connectivity index is 1.57. The maximum absolute atomic E-state index is 4.91. The van der Waals surface area contributed by atoms with Crippen LogP contribution >= 0.6 is 0 Å². The van der Waals surface area contributed by atoms with E-state index in [4.69, 9.17) is 9.98 Å². The Morgan fingerprint density at radius 3 is 1.97 bits per heavy atom. The molecular formula is C28H23N3. The molecule has 4 aromatic rings. The molecule has 0 spiro atoms. The predicted molar refractivity (Wildman–Crippen MR) is 128 cm³/mol. The Kier molecular flexibility index (Phi) is 5.16. The van der Waals surface area contributed by atoms with Crippen LogP contribution in [0.15, 0.2) is 119 Å². The molecule has 5 rings (SSSR count). The van der Waals surface area contributed by atoms with E-state index in [9.17, 15) is 0 Å². The van der Waals surface area contributed by atoms with Crippen LogP contribution in [0.25, 0.3) is 11.1 Å². The molecule has 0 aromatic heterocycles. The van der Waals surface area contributed by atoms with Crippen molar-refractivity contribution in [2.75, 3.05) is 0 Å². The normalized spacial score (nSPS) is 15.6. The minimum Gasteiger partial charge on any atom is -0.344 e. The molecule has 31 heavy (non-hydrogen) atoms. The number of nitrogens with one attached hydrogen (secondary N) is 1. The van der Waals surface area contributed by atoms with Gasteiger partial charge < -0.3 is 5.32 Å². The zero-order valence-electron chi connectivity index (χ0n) is 17.4. The molecule has 0 saturated heterocycles. The Morgan fingerprint density at radius 1 is 0.613 bits per heavy atom. The van der Waals surface area contributed by atoms with Gasteiger partial charge in [-0.25, -0.2) is 9.98 Å². The van der Waals surface area contributed by atoms with Crippen LogP contribution in [0, 0.1) is 6.92 Å². The maximum Gasteiger partial charge on any atom is 0.159 e. The van der Waals surface area contributed by atoms with E-state index in [1.807, 2.05) is 36.4 Å². The number of rotatable bonds is 4. The first-order chi connectivity index (χ1) is 15.3. The van der Waals surface area contributed by atoms with Gasteiger partial charge in [-0.2, -0.15) is 0 Å². The van der Waals surface area contributed by atoms with Crippen molar-refractivity contribution in [2.24, 2.45) is 9.98 Å². The summed E-state index contributed by atoms with van der Waals surface area (Å²) in [4.78, 5) is 9.81. The van der Waals surface area contributed by atoms with E-state index in [1.165, 1.54) is 16.7 Å². The summed E-state index contributed by atoms with van der Waals surface area (Å²) in [5.41, 5.74) is 6.79. The number of aliphatic imine (C=N–C) groups is 2. The molecule has 0 bridgehead atoms. The molecule has 0 aliphatic carbocycles. The van der Waals surface area contributed by atoms with Gasteiger partial charge in [-0.15, -0.1) is 0 Å². The van der Waals surface area contributed by atoms with Gasteiger partial charge in [-0.3, -0.25) is 0 Å². The van der Waals surface area contributed by atoms with Crippen molar-refractivity contribution in [1.29, 1.82) is 0 Å². The highest BCUT2D eigenvalue weighted by molar-refractivity contribution is 6.13. The minimum atomic E-state index is -0.188. The van der Waals surface area contributed by atoms with Gasteiger partial charge in [0.25, 0.3) is 0 Å². The molecule has 0 amide bonds. The minimum absolute atomic E-state index is 0.188. The second-order valence-electron chi connectivity index (χ2n) is 7.69. The lowest BCUT2D eigenvalue weighted by atomic mass is 10.0. The smallest absolute Gasteiger partial charge is 0.159 e. The van der Waals surface area contributed by atoms with Gasteiger partial charge in [0, 0.05) is 11.1 Å². The summed E-state index contributed by atoms with van der Waals surface area (Å²) >= 11 is 0. The Hall–Kier alpha value is -3.98. The first-order valence-corrected chi connectivity index (χ1v) is 10.5. The molecule has 1 unspecified atom stereocenters. The highest BCUT2D eigenvalue weighted by atomic mass is 15.2. The Morgan fingerprint density at radius 2 is 1.23 bits per heavy atom. The Labute approximate surface area is 182 Å². The van der Waals surface area contributed by atoms with Crippen LogP contribution in [-0.4, -0.2) is 11.7 Å². The second kappa shape index (κ2) is 8.41. The summed E-state index contributed by atoms with van der Waals surface area (Å²) in [5.74, 6) is 1.57. The SMILES string of the molecule is Cc1cccc(-c2cccc(C3=NC(c4ccccc4)=NC(c4ccccc4)N3)c2)c1. The van der Waals surface area contributed by atoms with Gasteiger partial charge in [0.05, 0.1) is 0 Å². The third-order valence-corrected chi connectivity index (χ3v) is 5.38. The summed E-state index contributed by atoms with van der Waals surface area (Å²) in [7, 11) is 0. The average Bonchev–Trinajstić information content (AvgIpc) is 2.85. The molecule has 3 nitrogen and oxygen atoms in total. The number of amidine groups is 2. The van der Waals surface area contributed by atoms with Crippen LogP contribution < -0.4 is 5.32 Å². The van der Waals surface area contributed by atoms with Crippen LogP contribution in [0.5, 0.6) is 0 Å². The van der Waals surface area contributed by atoms with Crippen LogP contribution in [0.1, 0.15) is 28.4 Å². The number of hydrogen-bond donors (Lipinski definition) is 1. The predicted octanol–water partition coefficient (Wildman–Crippen LogP) is 6.16. The zero-order chi connectivity index (χ0) is 21.0. The highest BCUT2D eigenvalue weighted by Crippen LogP contribution is 2.25. The topological polar surface area (TPSA) is 36.8 Å². The number of aryl methyl sites for hydroxylation is 1. The van der Waals surface area contributed by atoms with Crippen molar-refractivity contribution in [1.82, 2.24) is 5.32 Å². The van der Waals surface area contributed by atoms with E-state index in [-0.39, 0.29) is 6.17 Å². The van der Waals surface area contributed by atoms with Crippen LogP contribution in [-0.2, 0) is 0 Å². The molecule has 1 heterocycles. The summed E-state index contributed by atoms with van der Waals surface area (Å²) in [5, 5.41) is 3.54. The van der Waals surface area contributed by atoms with Gasteiger partial charge in [0.15, 0.2) is 5.84 Å². The van der Waals surface area contributed by atoms with Crippen molar-refractivity contribution in [2.45, 2.75) is 13.1 Å². The Bertz CT molecular complexity index is 1260. The molecule has 4 aromatic carbocycles. The quantitative estimate of drug-likeness (QED) is 0.437. The van der Waals surface area contributed by atoms with Crippen molar-refractivity contribution in [3.05, 3.63) is 131 Å². The van der Waals surface area contributed by atoms with E-state index < -0.39 is 0 Å².